The summed E-state index contributed by atoms with van der Waals surface area (Å²) in [5.74, 6) is -1.30. The highest BCUT2D eigenvalue weighted by Gasteiger charge is 2.22. The van der Waals surface area contributed by atoms with Crippen LogP contribution in [0.2, 0.25) is 0 Å². The van der Waals surface area contributed by atoms with Gasteiger partial charge < -0.3 is 14.9 Å². The van der Waals surface area contributed by atoms with Crippen LogP contribution in [0.25, 0.3) is 0 Å². The molecule has 1 aromatic carbocycles. The van der Waals surface area contributed by atoms with Crippen molar-refractivity contribution < 1.29 is 14.7 Å². The Balaban J connectivity index is 2.83. The molecule has 0 fully saturated rings. The van der Waals surface area contributed by atoms with E-state index in [1.165, 1.54) is 18.9 Å². The van der Waals surface area contributed by atoms with E-state index in [0.717, 1.165) is 18.7 Å². The van der Waals surface area contributed by atoms with Gasteiger partial charge in [-0.15, -0.1) is 0 Å². The van der Waals surface area contributed by atoms with E-state index < -0.39 is 12.0 Å². The summed E-state index contributed by atoms with van der Waals surface area (Å²) >= 11 is 0. The Labute approximate surface area is 119 Å². The van der Waals surface area contributed by atoms with Crippen molar-refractivity contribution >= 4 is 17.6 Å². The third-order valence-electron chi connectivity index (χ3n) is 3.37. The molecule has 0 saturated carbocycles. The molecule has 0 heterocycles. The lowest BCUT2D eigenvalue weighted by atomic mass is 10.1. The lowest BCUT2D eigenvalue weighted by Crippen LogP contribution is -2.40. The van der Waals surface area contributed by atoms with Gasteiger partial charge in [-0.2, -0.15) is 0 Å². The van der Waals surface area contributed by atoms with Crippen molar-refractivity contribution in [3.8, 4) is 0 Å². The molecule has 0 aromatic heterocycles. The summed E-state index contributed by atoms with van der Waals surface area (Å²) in [5.41, 5.74) is 1.53. The lowest BCUT2D eigenvalue weighted by Gasteiger charge is -2.22. The number of hydrogen-bond acceptors (Lipinski definition) is 3. The molecule has 110 valence electrons. The second-order valence-corrected chi connectivity index (χ2v) is 4.90. The number of hydrogen-bond donors (Lipinski definition) is 1. The Morgan fingerprint density at radius 3 is 2.20 bits per heavy atom. The zero-order valence-electron chi connectivity index (χ0n) is 12.5. The summed E-state index contributed by atoms with van der Waals surface area (Å²) in [5, 5.41) is 8.92. The summed E-state index contributed by atoms with van der Waals surface area (Å²) in [6, 6.07) is 6.37. The van der Waals surface area contributed by atoms with Crippen LogP contribution in [0, 0.1) is 0 Å². The third kappa shape index (κ3) is 3.73. The van der Waals surface area contributed by atoms with Gasteiger partial charge >= 0.3 is 5.97 Å². The van der Waals surface area contributed by atoms with Crippen LogP contribution < -0.4 is 4.90 Å². The Kier molecular flexibility index (Phi) is 5.55. The SMILES string of the molecule is CCCN(C)c1ccc(C(=O)N(C)C(C)C(=O)O)cc1. The van der Waals surface area contributed by atoms with Gasteiger partial charge in [0.25, 0.3) is 5.91 Å². The number of carboxylic acid groups (broad SMARTS) is 1. The minimum atomic E-state index is -1.01. The molecule has 5 heteroatoms. The molecule has 0 bridgehead atoms. The van der Waals surface area contributed by atoms with E-state index in [9.17, 15) is 9.59 Å². The van der Waals surface area contributed by atoms with Gasteiger partial charge in [0.15, 0.2) is 0 Å². The maximum atomic E-state index is 12.1. The zero-order valence-corrected chi connectivity index (χ0v) is 12.5. The highest BCUT2D eigenvalue weighted by atomic mass is 16.4. The largest absolute Gasteiger partial charge is 0.480 e. The summed E-state index contributed by atoms with van der Waals surface area (Å²) in [6.07, 6.45) is 1.05. The first-order valence-corrected chi connectivity index (χ1v) is 6.69. The molecule has 0 aliphatic heterocycles. The van der Waals surface area contributed by atoms with Gasteiger partial charge in [0, 0.05) is 31.9 Å². The second-order valence-electron chi connectivity index (χ2n) is 4.90. The highest BCUT2D eigenvalue weighted by Crippen LogP contribution is 2.15. The minimum absolute atomic E-state index is 0.287. The Hall–Kier alpha value is -2.04. The fourth-order valence-corrected chi connectivity index (χ4v) is 1.87. The van der Waals surface area contributed by atoms with Crippen molar-refractivity contribution in [3.63, 3.8) is 0 Å². The predicted octanol–water partition coefficient (Wildman–Crippen LogP) is 2.08. The van der Waals surface area contributed by atoms with Gasteiger partial charge in [-0.25, -0.2) is 4.79 Å². The van der Waals surface area contributed by atoms with E-state index in [1.807, 2.05) is 19.2 Å². The number of aliphatic carboxylic acids is 1. The maximum absolute atomic E-state index is 12.1. The van der Waals surface area contributed by atoms with Crippen LogP contribution in [-0.4, -0.2) is 48.6 Å². The molecule has 1 atom stereocenters. The van der Waals surface area contributed by atoms with Crippen LogP contribution in [0.5, 0.6) is 0 Å². The highest BCUT2D eigenvalue weighted by molar-refractivity contribution is 5.96. The molecule has 1 aromatic rings. The van der Waals surface area contributed by atoms with Crippen LogP contribution in [0.4, 0.5) is 5.69 Å². The average molecular weight is 278 g/mol. The molecule has 0 saturated heterocycles. The van der Waals surface area contributed by atoms with E-state index in [2.05, 4.69) is 11.8 Å². The predicted molar refractivity (Wildman–Crippen MR) is 79.2 cm³/mol. The minimum Gasteiger partial charge on any atom is -0.480 e. The molecule has 1 unspecified atom stereocenters. The average Bonchev–Trinajstić information content (AvgIpc) is 2.45. The summed E-state index contributed by atoms with van der Waals surface area (Å²) in [4.78, 5) is 26.4. The maximum Gasteiger partial charge on any atom is 0.326 e. The fraction of sp³-hybridized carbons (Fsp3) is 0.467. The van der Waals surface area contributed by atoms with Gasteiger partial charge in [-0.3, -0.25) is 4.79 Å². The van der Waals surface area contributed by atoms with Crippen molar-refractivity contribution in [1.82, 2.24) is 4.90 Å². The van der Waals surface area contributed by atoms with Crippen molar-refractivity contribution in [2.75, 3.05) is 25.5 Å². The van der Waals surface area contributed by atoms with Crippen LogP contribution in [0.15, 0.2) is 24.3 Å². The molecular weight excluding hydrogens is 256 g/mol. The Morgan fingerprint density at radius 2 is 1.75 bits per heavy atom. The molecule has 1 amide bonds. The second kappa shape index (κ2) is 6.93. The van der Waals surface area contributed by atoms with Crippen LogP contribution in [0.1, 0.15) is 30.6 Å². The van der Waals surface area contributed by atoms with Gasteiger partial charge in [-0.1, -0.05) is 6.92 Å². The first-order valence-electron chi connectivity index (χ1n) is 6.69. The summed E-state index contributed by atoms with van der Waals surface area (Å²) < 4.78 is 0. The van der Waals surface area contributed by atoms with Gasteiger partial charge in [0.05, 0.1) is 0 Å². The molecule has 1 N–H and O–H groups in total. The van der Waals surface area contributed by atoms with Gasteiger partial charge in [-0.05, 0) is 37.6 Å². The number of amides is 1. The molecule has 5 nitrogen and oxygen atoms in total. The summed E-state index contributed by atoms with van der Waals surface area (Å²) in [6.45, 7) is 4.55. The lowest BCUT2D eigenvalue weighted by molar-refractivity contribution is -0.141. The fourth-order valence-electron chi connectivity index (χ4n) is 1.87. The molecule has 0 aliphatic carbocycles. The van der Waals surface area contributed by atoms with E-state index in [4.69, 9.17) is 5.11 Å². The molecule has 0 aliphatic rings. The van der Waals surface area contributed by atoms with E-state index in [0.29, 0.717) is 5.56 Å². The molecule has 1 rings (SSSR count). The quantitative estimate of drug-likeness (QED) is 0.865. The smallest absolute Gasteiger partial charge is 0.326 e. The number of carboxylic acids is 1. The molecular formula is C15H22N2O3. The third-order valence-corrected chi connectivity index (χ3v) is 3.37. The van der Waals surface area contributed by atoms with Crippen molar-refractivity contribution in [2.24, 2.45) is 0 Å². The Morgan fingerprint density at radius 1 is 1.20 bits per heavy atom. The van der Waals surface area contributed by atoms with Crippen LogP contribution in [0.3, 0.4) is 0 Å². The topological polar surface area (TPSA) is 60.9 Å². The van der Waals surface area contributed by atoms with Crippen molar-refractivity contribution in [2.45, 2.75) is 26.3 Å². The number of benzene rings is 1. The number of likely N-dealkylation sites (N-methyl/N-ethyl adjacent to an activating group) is 1. The summed E-state index contributed by atoms with van der Waals surface area (Å²) in [7, 11) is 3.50. The molecule has 0 radical (unpaired) electrons. The van der Waals surface area contributed by atoms with Crippen LogP contribution in [-0.2, 0) is 4.79 Å². The van der Waals surface area contributed by atoms with Gasteiger partial charge in [0.2, 0.25) is 0 Å². The molecule has 0 spiro atoms. The number of rotatable bonds is 6. The molecule has 20 heavy (non-hydrogen) atoms. The first-order chi connectivity index (χ1) is 9.38. The van der Waals surface area contributed by atoms with E-state index >= 15 is 0 Å². The van der Waals surface area contributed by atoms with Crippen molar-refractivity contribution in [1.29, 1.82) is 0 Å². The number of nitrogens with zero attached hydrogens (tertiary/aromatic N) is 2. The van der Waals surface area contributed by atoms with Crippen molar-refractivity contribution in [3.05, 3.63) is 29.8 Å². The standard InChI is InChI=1S/C15H22N2O3/c1-5-10-16(3)13-8-6-12(7-9-13)14(18)17(4)11(2)15(19)20/h6-9,11H,5,10H2,1-4H3,(H,19,20). The normalized spacial score (nSPS) is 11.8. The Bertz CT molecular complexity index is 471. The van der Waals surface area contributed by atoms with Crippen LogP contribution >= 0.6 is 0 Å². The zero-order chi connectivity index (χ0) is 15.3. The number of carbonyl (C=O) groups excluding carboxylic acids is 1. The number of anilines is 1. The van der Waals surface area contributed by atoms with E-state index in [1.54, 1.807) is 12.1 Å². The number of carbonyl (C=O) groups is 2. The first kappa shape index (κ1) is 16.0. The van der Waals surface area contributed by atoms with Gasteiger partial charge in [0.1, 0.15) is 6.04 Å². The van der Waals surface area contributed by atoms with E-state index in [-0.39, 0.29) is 5.91 Å². The monoisotopic (exact) mass is 278 g/mol.